The predicted molar refractivity (Wildman–Crippen MR) is 142 cm³/mol. The number of carboxylic acids is 1. The lowest BCUT2D eigenvalue weighted by molar-refractivity contribution is -0.139. The van der Waals surface area contributed by atoms with Crippen LogP contribution in [-0.4, -0.2) is 42.7 Å². The molecule has 0 aliphatic heterocycles. The number of aromatic amines is 1. The Morgan fingerprint density at radius 2 is 1.97 bits per heavy atom. The van der Waals surface area contributed by atoms with Crippen LogP contribution in [0.3, 0.4) is 0 Å². The summed E-state index contributed by atoms with van der Waals surface area (Å²) in [7, 11) is 0. The van der Waals surface area contributed by atoms with Crippen LogP contribution in [0.2, 0.25) is 0 Å². The summed E-state index contributed by atoms with van der Waals surface area (Å²) in [5.41, 5.74) is 4.31. The number of rotatable bonds is 7. The van der Waals surface area contributed by atoms with Crippen molar-refractivity contribution in [2.24, 2.45) is 0 Å². The first kappa shape index (κ1) is 23.8. The highest BCUT2D eigenvalue weighted by Crippen LogP contribution is 2.36. The maximum atomic E-state index is 13.2. The minimum absolute atomic E-state index is 0.0632. The third-order valence-corrected chi connectivity index (χ3v) is 7.45. The molecule has 3 aromatic heterocycles. The van der Waals surface area contributed by atoms with Crippen LogP contribution in [0.5, 0.6) is 5.75 Å². The zero-order valence-electron chi connectivity index (χ0n) is 20.7. The SMILES string of the molecule is O=C(N[C@H](Cc1c[nH]c2ccc(O)cc12)C(=O)O)c1ccc2c(c1)nc(-c1ccoc1)n2C1CCCCC1. The summed E-state index contributed by atoms with van der Waals surface area (Å²) in [5, 5.41) is 23.1. The normalized spacial score (nSPS) is 15.2. The molecule has 0 unspecified atom stereocenters. The number of aromatic hydroxyl groups is 1. The molecule has 9 heteroatoms. The van der Waals surface area contributed by atoms with E-state index < -0.39 is 17.9 Å². The number of phenolic OH excluding ortho intramolecular Hbond substituents is 1. The monoisotopic (exact) mass is 512 g/mol. The van der Waals surface area contributed by atoms with Gasteiger partial charge >= 0.3 is 5.97 Å². The van der Waals surface area contributed by atoms with Crippen molar-refractivity contribution in [3.63, 3.8) is 0 Å². The van der Waals surface area contributed by atoms with Gasteiger partial charge in [-0.2, -0.15) is 0 Å². The number of carbonyl (C=O) groups excluding carboxylic acids is 1. The van der Waals surface area contributed by atoms with Gasteiger partial charge in [-0.1, -0.05) is 19.3 Å². The summed E-state index contributed by atoms with van der Waals surface area (Å²) in [6.07, 6.45) is 10.8. The van der Waals surface area contributed by atoms with Gasteiger partial charge in [0.15, 0.2) is 0 Å². The number of fused-ring (bicyclic) bond motifs is 2. The molecule has 1 aliphatic carbocycles. The smallest absolute Gasteiger partial charge is 0.326 e. The first-order chi connectivity index (χ1) is 18.5. The van der Waals surface area contributed by atoms with Crippen molar-refractivity contribution in [1.82, 2.24) is 19.9 Å². The number of carbonyl (C=O) groups is 2. The molecule has 194 valence electrons. The molecule has 6 rings (SSSR count). The van der Waals surface area contributed by atoms with Gasteiger partial charge in [-0.15, -0.1) is 0 Å². The van der Waals surface area contributed by atoms with Gasteiger partial charge in [0.05, 0.1) is 22.9 Å². The predicted octanol–water partition coefficient (Wildman–Crippen LogP) is 5.41. The third-order valence-electron chi connectivity index (χ3n) is 7.45. The number of phenols is 1. The Balaban J connectivity index is 1.29. The zero-order chi connectivity index (χ0) is 26.2. The van der Waals surface area contributed by atoms with E-state index >= 15 is 0 Å². The highest BCUT2D eigenvalue weighted by molar-refractivity contribution is 5.99. The molecule has 1 saturated carbocycles. The molecular formula is C29H28N4O5. The van der Waals surface area contributed by atoms with Gasteiger partial charge < -0.3 is 29.5 Å². The van der Waals surface area contributed by atoms with Crippen LogP contribution in [-0.2, 0) is 11.2 Å². The number of nitrogens with zero attached hydrogens (tertiary/aromatic N) is 2. The van der Waals surface area contributed by atoms with Crippen molar-refractivity contribution < 1.29 is 24.2 Å². The van der Waals surface area contributed by atoms with E-state index in [1.807, 2.05) is 12.1 Å². The van der Waals surface area contributed by atoms with Crippen molar-refractivity contribution in [2.45, 2.75) is 50.6 Å². The van der Waals surface area contributed by atoms with Crippen molar-refractivity contribution in [3.05, 3.63) is 72.3 Å². The van der Waals surface area contributed by atoms with Crippen LogP contribution in [0.15, 0.2) is 65.6 Å². The number of carboxylic acid groups (broad SMARTS) is 1. The van der Waals surface area contributed by atoms with E-state index in [0.717, 1.165) is 35.3 Å². The van der Waals surface area contributed by atoms with Gasteiger partial charge in [-0.05, 0) is 60.9 Å². The van der Waals surface area contributed by atoms with E-state index in [1.54, 1.807) is 49.1 Å². The van der Waals surface area contributed by atoms with E-state index in [1.165, 1.54) is 19.3 Å². The number of furan rings is 1. The number of amides is 1. The Bertz CT molecular complexity index is 1630. The second kappa shape index (κ2) is 9.74. The lowest BCUT2D eigenvalue weighted by Gasteiger charge is -2.25. The van der Waals surface area contributed by atoms with Gasteiger partial charge in [0.25, 0.3) is 5.91 Å². The fraction of sp³-hybridized carbons (Fsp3) is 0.276. The number of nitrogens with one attached hydrogen (secondary N) is 2. The fourth-order valence-corrected chi connectivity index (χ4v) is 5.54. The molecule has 2 aromatic carbocycles. The summed E-state index contributed by atoms with van der Waals surface area (Å²) in [4.78, 5) is 33.2. The third kappa shape index (κ3) is 4.40. The Labute approximate surface area is 218 Å². The molecule has 4 N–H and O–H groups in total. The highest BCUT2D eigenvalue weighted by Gasteiger charge is 2.25. The molecule has 5 aromatic rings. The van der Waals surface area contributed by atoms with E-state index in [-0.39, 0.29) is 12.2 Å². The summed E-state index contributed by atoms with van der Waals surface area (Å²) in [6.45, 7) is 0. The van der Waals surface area contributed by atoms with Crippen LogP contribution >= 0.6 is 0 Å². The van der Waals surface area contributed by atoms with Crippen LogP contribution in [0.4, 0.5) is 0 Å². The van der Waals surface area contributed by atoms with Crippen LogP contribution in [0.1, 0.15) is 54.1 Å². The summed E-state index contributed by atoms with van der Waals surface area (Å²) < 4.78 is 7.58. The average molecular weight is 513 g/mol. The van der Waals surface area contributed by atoms with E-state index in [4.69, 9.17) is 9.40 Å². The topological polar surface area (TPSA) is 133 Å². The maximum Gasteiger partial charge on any atom is 0.326 e. The number of hydrogen-bond acceptors (Lipinski definition) is 5. The second-order valence-electron chi connectivity index (χ2n) is 9.92. The Morgan fingerprint density at radius 3 is 2.74 bits per heavy atom. The molecule has 9 nitrogen and oxygen atoms in total. The lowest BCUT2D eigenvalue weighted by atomic mass is 9.95. The molecule has 1 atom stereocenters. The molecule has 1 amide bonds. The molecule has 0 bridgehead atoms. The summed E-state index contributed by atoms with van der Waals surface area (Å²) >= 11 is 0. The van der Waals surface area contributed by atoms with Crippen molar-refractivity contribution in [2.75, 3.05) is 0 Å². The quantitative estimate of drug-likeness (QED) is 0.230. The van der Waals surface area contributed by atoms with Crippen molar-refractivity contribution >= 4 is 33.8 Å². The van der Waals surface area contributed by atoms with Crippen molar-refractivity contribution in [3.8, 4) is 17.1 Å². The minimum Gasteiger partial charge on any atom is -0.508 e. The molecule has 1 fully saturated rings. The standard InChI is InChI=1S/C29H28N4O5/c34-21-7-8-23-22(14-21)19(15-30-23)13-25(29(36)37)32-28(35)17-6-9-26-24(12-17)31-27(18-10-11-38-16-18)33(26)20-4-2-1-3-5-20/h6-12,14-16,20,25,30,34H,1-5,13H2,(H,32,35)(H,36,37)/t25-/m1/s1. The zero-order valence-corrected chi connectivity index (χ0v) is 20.7. The number of aliphatic carboxylic acids is 1. The first-order valence-electron chi connectivity index (χ1n) is 12.8. The summed E-state index contributed by atoms with van der Waals surface area (Å²) in [6, 6.07) is 11.3. The number of aromatic nitrogens is 3. The lowest BCUT2D eigenvalue weighted by Crippen LogP contribution is -2.42. The molecule has 1 aliphatic rings. The minimum atomic E-state index is -1.15. The number of H-pyrrole nitrogens is 1. The Hall–Kier alpha value is -4.53. The average Bonchev–Trinajstić information content (AvgIpc) is 3.67. The van der Waals surface area contributed by atoms with Gasteiger partial charge in [0, 0.05) is 35.1 Å². The molecule has 3 heterocycles. The van der Waals surface area contributed by atoms with Gasteiger partial charge in [-0.25, -0.2) is 9.78 Å². The van der Waals surface area contributed by atoms with Crippen LogP contribution in [0, 0.1) is 0 Å². The molecule has 0 radical (unpaired) electrons. The van der Waals surface area contributed by atoms with Gasteiger partial charge in [0.2, 0.25) is 0 Å². The van der Waals surface area contributed by atoms with Crippen molar-refractivity contribution in [1.29, 1.82) is 0 Å². The largest absolute Gasteiger partial charge is 0.508 e. The summed E-state index contributed by atoms with van der Waals surface area (Å²) in [5.74, 6) is -0.731. The van der Waals surface area contributed by atoms with E-state index in [2.05, 4.69) is 14.9 Å². The Morgan fingerprint density at radius 1 is 1.13 bits per heavy atom. The number of benzene rings is 2. The molecule has 0 spiro atoms. The van der Waals surface area contributed by atoms with Crippen LogP contribution in [0.25, 0.3) is 33.3 Å². The van der Waals surface area contributed by atoms with Gasteiger partial charge in [0.1, 0.15) is 23.9 Å². The Kier molecular flexibility index (Phi) is 6.11. The van der Waals surface area contributed by atoms with Gasteiger partial charge in [-0.3, -0.25) is 4.79 Å². The molecule has 38 heavy (non-hydrogen) atoms. The fourth-order valence-electron chi connectivity index (χ4n) is 5.54. The van der Waals surface area contributed by atoms with E-state index in [0.29, 0.717) is 28.1 Å². The van der Waals surface area contributed by atoms with Crippen LogP contribution < -0.4 is 5.32 Å². The molecule has 0 saturated heterocycles. The maximum absolute atomic E-state index is 13.2. The second-order valence-corrected chi connectivity index (χ2v) is 9.92. The van der Waals surface area contributed by atoms with E-state index in [9.17, 15) is 19.8 Å². The number of imidazole rings is 1. The molecular weight excluding hydrogens is 484 g/mol. The number of hydrogen-bond donors (Lipinski definition) is 4. The first-order valence-corrected chi connectivity index (χ1v) is 12.8. The highest BCUT2D eigenvalue weighted by atomic mass is 16.4.